The van der Waals surface area contributed by atoms with Crippen LogP contribution in [0.2, 0.25) is 0 Å². The predicted molar refractivity (Wildman–Crippen MR) is 80.8 cm³/mol. The molecule has 0 N–H and O–H groups in total. The van der Waals surface area contributed by atoms with Crippen LogP contribution in [-0.4, -0.2) is 12.5 Å². The minimum Gasteiger partial charge on any atom is -0.369 e. The monoisotopic (exact) mass is 274 g/mol. The number of aryl methyl sites for hydroxylation is 1. The fourth-order valence-corrected chi connectivity index (χ4v) is 2.12. The van der Waals surface area contributed by atoms with Crippen molar-refractivity contribution in [1.82, 2.24) is 0 Å². The number of alkyl halides is 1. The summed E-state index contributed by atoms with van der Waals surface area (Å²) in [6.45, 7) is 2.77. The summed E-state index contributed by atoms with van der Waals surface area (Å²) in [5, 5.41) is 0. The molecule has 0 radical (unpaired) electrons. The average Bonchev–Trinajstić information content (AvgIpc) is 2.46. The zero-order chi connectivity index (χ0) is 13.5. The number of hydrogen-bond acceptors (Lipinski definition) is 1. The van der Waals surface area contributed by atoms with Crippen molar-refractivity contribution in [3.05, 3.63) is 71.3 Å². The molecule has 2 heteroatoms. The Bertz CT molecular complexity index is 478. The second-order valence-electron chi connectivity index (χ2n) is 4.61. The fourth-order valence-electron chi connectivity index (χ4n) is 2.01. The first kappa shape index (κ1) is 14.1. The van der Waals surface area contributed by atoms with Crippen molar-refractivity contribution >= 4 is 11.6 Å². The molecule has 0 saturated heterocycles. The van der Waals surface area contributed by atoms with E-state index in [1.165, 1.54) is 16.7 Å². The fraction of sp³-hybridized carbons (Fsp3) is 0.294. The van der Waals surface area contributed by atoms with E-state index in [9.17, 15) is 0 Å². The largest absolute Gasteiger partial charge is 0.369 e. The molecule has 1 atom stereocenters. The highest BCUT2D eigenvalue weighted by Crippen LogP contribution is 2.26. The smallest absolute Gasteiger partial charge is 0.108 e. The van der Waals surface area contributed by atoms with Gasteiger partial charge in [0.1, 0.15) is 6.10 Å². The van der Waals surface area contributed by atoms with E-state index in [2.05, 4.69) is 43.3 Å². The van der Waals surface area contributed by atoms with Gasteiger partial charge in [0.15, 0.2) is 0 Å². The first-order chi connectivity index (χ1) is 9.31. The molecule has 0 aromatic heterocycles. The molecule has 0 fully saturated rings. The lowest BCUT2D eigenvalue weighted by molar-refractivity contribution is 0.0810. The van der Waals surface area contributed by atoms with Crippen LogP contribution >= 0.6 is 11.6 Å². The Kier molecular flexibility index (Phi) is 5.44. The molecule has 0 bridgehead atoms. The van der Waals surface area contributed by atoms with Crippen molar-refractivity contribution in [1.29, 1.82) is 0 Å². The van der Waals surface area contributed by atoms with E-state index in [-0.39, 0.29) is 6.10 Å². The highest BCUT2D eigenvalue weighted by Gasteiger charge is 2.13. The van der Waals surface area contributed by atoms with E-state index in [0.717, 1.165) is 6.42 Å². The van der Waals surface area contributed by atoms with Crippen molar-refractivity contribution < 1.29 is 4.74 Å². The van der Waals surface area contributed by atoms with Crippen LogP contribution in [0.4, 0.5) is 0 Å². The summed E-state index contributed by atoms with van der Waals surface area (Å²) in [7, 11) is 0. The van der Waals surface area contributed by atoms with Gasteiger partial charge in [0.05, 0.1) is 0 Å². The number of hydrogen-bond donors (Lipinski definition) is 0. The lowest BCUT2D eigenvalue weighted by Crippen LogP contribution is -2.07. The molecule has 2 rings (SSSR count). The van der Waals surface area contributed by atoms with Gasteiger partial charge in [-0.05, 0) is 24.5 Å². The third-order valence-electron chi connectivity index (χ3n) is 3.04. The van der Waals surface area contributed by atoms with Gasteiger partial charge in [-0.25, -0.2) is 0 Å². The molecule has 0 aliphatic heterocycles. The first-order valence-electron chi connectivity index (χ1n) is 6.60. The van der Waals surface area contributed by atoms with Gasteiger partial charge in [-0.2, -0.15) is 0 Å². The van der Waals surface area contributed by atoms with Crippen LogP contribution in [0.3, 0.4) is 0 Å². The van der Waals surface area contributed by atoms with Crippen LogP contribution in [0, 0.1) is 6.92 Å². The molecule has 2 aromatic carbocycles. The first-order valence-corrected chi connectivity index (χ1v) is 7.14. The summed E-state index contributed by atoms with van der Waals surface area (Å²) < 4.78 is 6.01. The maximum absolute atomic E-state index is 6.01. The Morgan fingerprint density at radius 3 is 2.21 bits per heavy atom. The van der Waals surface area contributed by atoms with Crippen molar-refractivity contribution in [2.24, 2.45) is 0 Å². The van der Waals surface area contributed by atoms with Crippen molar-refractivity contribution in [3.8, 4) is 0 Å². The lowest BCUT2D eigenvalue weighted by Gasteiger charge is -2.19. The summed E-state index contributed by atoms with van der Waals surface area (Å²) in [5.74, 6) is 0.634. The molecular weight excluding hydrogens is 256 g/mol. The van der Waals surface area contributed by atoms with Crippen LogP contribution in [0.1, 0.15) is 29.2 Å². The third kappa shape index (κ3) is 4.09. The Morgan fingerprint density at radius 1 is 0.947 bits per heavy atom. The Morgan fingerprint density at radius 2 is 1.58 bits per heavy atom. The van der Waals surface area contributed by atoms with Gasteiger partial charge in [0.25, 0.3) is 0 Å². The van der Waals surface area contributed by atoms with E-state index in [4.69, 9.17) is 16.3 Å². The average molecular weight is 275 g/mol. The van der Waals surface area contributed by atoms with Gasteiger partial charge in [-0.3, -0.25) is 0 Å². The molecule has 1 nitrogen and oxygen atoms in total. The summed E-state index contributed by atoms with van der Waals surface area (Å²) in [6.07, 6.45) is 0.863. The number of ether oxygens (including phenoxy) is 1. The maximum atomic E-state index is 6.01. The standard InChI is InChI=1S/C17H19ClO/c1-14-8-10-16(11-9-14)17(19-13-5-12-18)15-6-3-2-4-7-15/h2-4,6-11,17H,5,12-13H2,1H3. The Hall–Kier alpha value is -1.31. The van der Waals surface area contributed by atoms with Crippen LogP contribution in [0.25, 0.3) is 0 Å². The molecule has 2 aromatic rings. The lowest BCUT2D eigenvalue weighted by atomic mass is 10.0. The van der Waals surface area contributed by atoms with E-state index in [0.29, 0.717) is 12.5 Å². The Balaban J connectivity index is 2.21. The SMILES string of the molecule is Cc1ccc(C(OCCCCl)c2ccccc2)cc1. The van der Waals surface area contributed by atoms with Gasteiger partial charge in [0, 0.05) is 12.5 Å². The minimum atomic E-state index is -0.00924. The molecule has 0 aliphatic rings. The summed E-state index contributed by atoms with van der Waals surface area (Å²) in [4.78, 5) is 0. The van der Waals surface area contributed by atoms with Gasteiger partial charge in [0.2, 0.25) is 0 Å². The topological polar surface area (TPSA) is 9.23 Å². The molecule has 100 valence electrons. The molecule has 1 unspecified atom stereocenters. The minimum absolute atomic E-state index is 0.00924. The summed E-state index contributed by atoms with van der Waals surface area (Å²) >= 11 is 5.72. The zero-order valence-electron chi connectivity index (χ0n) is 11.2. The zero-order valence-corrected chi connectivity index (χ0v) is 11.9. The summed E-state index contributed by atoms with van der Waals surface area (Å²) in [6, 6.07) is 18.8. The normalized spacial score (nSPS) is 12.3. The second kappa shape index (κ2) is 7.32. The quantitative estimate of drug-likeness (QED) is 0.547. The van der Waals surface area contributed by atoms with Gasteiger partial charge in [-0.15, -0.1) is 11.6 Å². The highest BCUT2D eigenvalue weighted by atomic mass is 35.5. The van der Waals surface area contributed by atoms with Gasteiger partial charge in [-0.1, -0.05) is 60.2 Å². The number of halogens is 1. The number of benzene rings is 2. The van der Waals surface area contributed by atoms with E-state index in [1.54, 1.807) is 0 Å². The highest BCUT2D eigenvalue weighted by molar-refractivity contribution is 6.17. The molecular formula is C17H19ClO. The van der Waals surface area contributed by atoms with Crippen LogP contribution in [0.15, 0.2) is 54.6 Å². The van der Waals surface area contributed by atoms with Crippen LogP contribution < -0.4 is 0 Å². The Labute approximate surface area is 120 Å². The van der Waals surface area contributed by atoms with Gasteiger partial charge >= 0.3 is 0 Å². The van der Waals surface area contributed by atoms with Crippen molar-refractivity contribution in [3.63, 3.8) is 0 Å². The summed E-state index contributed by atoms with van der Waals surface area (Å²) in [5.41, 5.74) is 3.63. The van der Waals surface area contributed by atoms with E-state index in [1.807, 2.05) is 18.2 Å². The van der Waals surface area contributed by atoms with Gasteiger partial charge < -0.3 is 4.74 Å². The molecule has 0 heterocycles. The maximum Gasteiger partial charge on any atom is 0.108 e. The predicted octanol–water partition coefficient (Wildman–Crippen LogP) is 4.73. The van der Waals surface area contributed by atoms with E-state index < -0.39 is 0 Å². The van der Waals surface area contributed by atoms with E-state index >= 15 is 0 Å². The molecule has 0 saturated carbocycles. The second-order valence-corrected chi connectivity index (χ2v) is 4.99. The number of rotatable bonds is 6. The van der Waals surface area contributed by atoms with Crippen LogP contribution in [0.5, 0.6) is 0 Å². The molecule has 0 amide bonds. The van der Waals surface area contributed by atoms with Crippen LogP contribution in [-0.2, 0) is 4.74 Å². The van der Waals surface area contributed by atoms with Crippen molar-refractivity contribution in [2.75, 3.05) is 12.5 Å². The molecule has 0 spiro atoms. The van der Waals surface area contributed by atoms with Crippen molar-refractivity contribution in [2.45, 2.75) is 19.4 Å². The molecule has 0 aliphatic carbocycles. The molecule has 19 heavy (non-hydrogen) atoms. The third-order valence-corrected chi connectivity index (χ3v) is 3.31.